The molecule has 4 N–H and O–H groups in total. The highest BCUT2D eigenvalue weighted by Gasteiger charge is 2.14. The molecular formula is C23H25N3O5S. The molecule has 3 rings (SSSR count). The van der Waals surface area contributed by atoms with Gasteiger partial charge >= 0.3 is 0 Å². The van der Waals surface area contributed by atoms with Gasteiger partial charge in [-0.2, -0.15) is 0 Å². The molecule has 2 amide bonds. The van der Waals surface area contributed by atoms with Gasteiger partial charge in [0.2, 0.25) is 15.9 Å². The highest BCUT2D eigenvalue weighted by Crippen LogP contribution is 2.18. The Bertz CT molecular complexity index is 1210. The van der Waals surface area contributed by atoms with Crippen molar-refractivity contribution in [3.63, 3.8) is 0 Å². The molecule has 168 valence electrons. The summed E-state index contributed by atoms with van der Waals surface area (Å²) in [4.78, 5) is 24.0. The van der Waals surface area contributed by atoms with Gasteiger partial charge in [0, 0.05) is 31.6 Å². The molecule has 0 saturated carbocycles. The fraction of sp³-hybridized carbons (Fsp3) is 0.217. The average molecular weight is 456 g/mol. The van der Waals surface area contributed by atoms with E-state index in [1.807, 2.05) is 24.3 Å². The maximum Gasteiger partial charge on any atom is 0.251 e. The van der Waals surface area contributed by atoms with Gasteiger partial charge in [0.25, 0.3) is 5.91 Å². The van der Waals surface area contributed by atoms with Gasteiger partial charge < -0.3 is 15.7 Å². The predicted molar refractivity (Wildman–Crippen MR) is 122 cm³/mol. The van der Waals surface area contributed by atoms with Crippen LogP contribution in [-0.4, -0.2) is 45.0 Å². The lowest BCUT2D eigenvalue weighted by Gasteiger charge is -2.09. The number of phenolic OH excluding ortho intramolecular Hbond substituents is 1. The summed E-state index contributed by atoms with van der Waals surface area (Å²) < 4.78 is 27.4. The molecule has 0 heterocycles. The quantitative estimate of drug-likeness (QED) is 0.349. The Kier molecular flexibility index (Phi) is 7.80. The highest BCUT2D eigenvalue weighted by molar-refractivity contribution is 7.89. The summed E-state index contributed by atoms with van der Waals surface area (Å²) in [6, 6.07) is 18.4. The maximum absolute atomic E-state index is 12.5. The van der Waals surface area contributed by atoms with Crippen molar-refractivity contribution in [2.75, 3.05) is 19.6 Å². The van der Waals surface area contributed by atoms with E-state index in [1.54, 1.807) is 24.3 Å². The lowest BCUT2D eigenvalue weighted by Crippen LogP contribution is -2.32. The lowest BCUT2D eigenvalue weighted by molar-refractivity contribution is -0.120. The smallest absolute Gasteiger partial charge is 0.251 e. The normalized spacial score (nSPS) is 11.2. The second kappa shape index (κ2) is 10.7. The number of hydrogen-bond donors (Lipinski definition) is 4. The molecule has 0 saturated heterocycles. The van der Waals surface area contributed by atoms with Crippen molar-refractivity contribution in [2.24, 2.45) is 0 Å². The van der Waals surface area contributed by atoms with Crippen molar-refractivity contribution in [3.8, 4) is 5.75 Å². The SMILES string of the molecule is O=C(CCNS(=O)(=O)c1ccc2ccccc2c1)NCCCNC(=O)c1cccc(O)c1. The Morgan fingerprint density at radius 2 is 1.56 bits per heavy atom. The van der Waals surface area contributed by atoms with E-state index in [9.17, 15) is 23.1 Å². The van der Waals surface area contributed by atoms with E-state index >= 15 is 0 Å². The first-order chi connectivity index (χ1) is 15.3. The summed E-state index contributed by atoms with van der Waals surface area (Å²) in [7, 11) is -3.71. The van der Waals surface area contributed by atoms with Crippen LogP contribution in [0.15, 0.2) is 71.6 Å². The molecule has 0 bridgehead atoms. The number of carbonyl (C=O) groups excluding carboxylic acids is 2. The van der Waals surface area contributed by atoms with E-state index in [1.165, 1.54) is 18.2 Å². The molecular weight excluding hydrogens is 430 g/mol. The summed E-state index contributed by atoms with van der Waals surface area (Å²) >= 11 is 0. The fourth-order valence-electron chi connectivity index (χ4n) is 3.07. The third-order valence-corrected chi connectivity index (χ3v) is 6.20. The van der Waals surface area contributed by atoms with Crippen molar-refractivity contribution >= 4 is 32.6 Å². The molecule has 3 aromatic carbocycles. The van der Waals surface area contributed by atoms with Crippen molar-refractivity contribution < 1.29 is 23.1 Å². The molecule has 0 aliphatic rings. The second-order valence-electron chi connectivity index (χ2n) is 7.17. The number of hydrogen-bond acceptors (Lipinski definition) is 5. The van der Waals surface area contributed by atoms with Crippen LogP contribution in [0.2, 0.25) is 0 Å². The Morgan fingerprint density at radius 3 is 2.34 bits per heavy atom. The first kappa shape index (κ1) is 23.2. The van der Waals surface area contributed by atoms with E-state index < -0.39 is 10.0 Å². The summed E-state index contributed by atoms with van der Waals surface area (Å²) in [5, 5.41) is 16.6. The Labute approximate surface area is 186 Å². The van der Waals surface area contributed by atoms with Crippen LogP contribution in [0.5, 0.6) is 5.75 Å². The number of fused-ring (bicyclic) bond motifs is 1. The molecule has 32 heavy (non-hydrogen) atoms. The monoisotopic (exact) mass is 455 g/mol. The van der Waals surface area contributed by atoms with Crippen molar-refractivity contribution in [1.82, 2.24) is 15.4 Å². The van der Waals surface area contributed by atoms with E-state index in [0.29, 0.717) is 25.1 Å². The first-order valence-corrected chi connectivity index (χ1v) is 11.7. The van der Waals surface area contributed by atoms with Crippen LogP contribution < -0.4 is 15.4 Å². The zero-order valence-corrected chi connectivity index (χ0v) is 18.2. The van der Waals surface area contributed by atoms with Crippen LogP contribution in [0, 0.1) is 0 Å². The van der Waals surface area contributed by atoms with Gasteiger partial charge in [-0.1, -0.05) is 36.4 Å². The molecule has 0 aliphatic carbocycles. The number of amides is 2. The van der Waals surface area contributed by atoms with E-state index in [0.717, 1.165) is 10.8 Å². The highest BCUT2D eigenvalue weighted by atomic mass is 32.2. The van der Waals surface area contributed by atoms with Crippen LogP contribution in [0.4, 0.5) is 0 Å². The van der Waals surface area contributed by atoms with Crippen molar-refractivity contribution in [2.45, 2.75) is 17.7 Å². The lowest BCUT2D eigenvalue weighted by atomic mass is 10.1. The van der Waals surface area contributed by atoms with E-state index in [2.05, 4.69) is 15.4 Å². The third-order valence-electron chi connectivity index (χ3n) is 4.74. The van der Waals surface area contributed by atoms with Gasteiger partial charge in [0.15, 0.2) is 0 Å². The van der Waals surface area contributed by atoms with E-state index in [4.69, 9.17) is 0 Å². The Morgan fingerprint density at radius 1 is 0.812 bits per heavy atom. The van der Waals surface area contributed by atoms with Crippen LogP contribution in [0.3, 0.4) is 0 Å². The minimum Gasteiger partial charge on any atom is -0.508 e. The largest absolute Gasteiger partial charge is 0.508 e. The number of sulfonamides is 1. The molecule has 0 radical (unpaired) electrons. The van der Waals surface area contributed by atoms with Gasteiger partial charge in [-0.15, -0.1) is 0 Å². The molecule has 8 nitrogen and oxygen atoms in total. The van der Waals surface area contributed by atoms with E-state index in [-0.39, 0.29) is 35.4 Å². The van der Waals surface area contributed by atoms with Crippen LogP contribution in [0.1, 0.15) is 23.2 Å². The molecule has 0 aromatic heterocycles. The number of carbonyl (C=O) groups is 2. The summed E-state index contributed by atoms with van der Waals surface area (Å²) in [6.07, 6.45) is 0.515. The number of benzene rings is 3. The Hall–Kier alpha value is -3.43. The van der Waals surface area contributed by atoms with Gasteiger partial charge in [0.1, 0.15) is 5.75 Å². The molecule has 0 spiro atoms. The molecule has 0 unspecified atom stereocenters. The molecule has 3 aromatic rings. The molecule has 9 heteroatoms. The molecule has 0 fully saturated rings. The zero-order valence-electron chi connectivity index (χ0n) is 17.4. The maximum atomic E-state index is 12.5. The summed E-state index contributed by atoms with van der Waals surface area (Å²) in [5.41, 5.74) is 0.354. The summed E-state index contributed by atoms with van der Waals surface area (Å²) in [5.74, 6) is -0.581. The Balaban J connectivity index is 1.35. The second-order valence-corrected chi connectivity index (χ2v) is 8.93. The van der Waals surface area contributed by atoms with Crippen LogP contribution >= 0.6 is 0 Å². The zero-order chi connectivity index (χ0) is 23.0. The van der Waals surface area contributed by atoms with Crippen molar-refractivity contribution in [3.05, 3.63) is 72.3 Å². The minimum atomic E-state index is -3.71. The third kappa shape index (κ3) is 6.53. The van der Waals surface area contributed by atoms with Crippen molar-refractivity contribution in [1.29, 1.82) is 0 Å². The van der Waals surface area contributed by atoms with Crippen LogP contribution in [-0.2, 0) is 14.8 Å². The summed E-state index contributed by atoms with van der Waals surface area (Å²) in [6.45, 7) is 0.676. The average Bonchev–Trinajstić information content (AvgIpc) is 2.78. The predicted octanol–water partition coefficient (Wildman–Crippen LogP) is 2.15. The van der Waals surface area contributed by atoms with Gasteiger partial charge in [-0.25, -0.2) is 13.1 Å². The topological polar surface area (TPSA) is 125 Å². The first-order valence-electron chi connectivity index (χ1n) is 10.2. The van der Waals surface area contributed by atoms with Gasteiger partial charge in [-0.3, -0.25) is 9.59 Å². The number of phenols is 1. The molecule has 0 atom stereocenters. The fourth-order valence-corrected chi connectivity index (χ4v) is 4.14. The number of aromatic hydroxyl groups is 1. The van der Waals surface area contributed by atoms with Gasteiger partial charge in [-0.05, 0) is 47.5 Å². The molecule has 0 aliphatic heterocycles. The minimum absolute atomic E-state index is 0.00244. The standard InChI is InChI=1S/C23H25N3O5S/c27-20-8-3-7-19(15-20)23(29)25-13-4-12-24-22(28)11-14-26-32(30,31)21-10-9-17-5-1-2-6-18(17)16-21/h1-3,5-10,15-16,26-27H,4,11-14H2,(H,24,28)(H,25,29). The van der Waals surface area contributed by atoms with Gasteiger partial charge in [0.05, 0.1) is 4.90 Å². The number of nitrogens with one attached hydrogen (secondary N) is 3. The van der Waals surface area contributed by atoms with Crippen LogP contribution in [0.25, 0.3) is 10.8 Å². The number of rotatable bonds is 10.